The molecule has 0 fully saturated rings. The predicted octanol–water partition coefficient (Wildman–Crippen LogP) is 4.46. The number of nitrogens with zero attached hydrogens (tertiary/aromatic N) is 3. The molecule has 0 saturated heterocycles. The van der Waals surface area contributed by atoms with Crippen molar-refractivity contribution in [1.82, 2.24) is 14.8 Å². The Morgan fingerprint density at radius 1 is 0.962 bits per heavy atom. The van der Waals surface area contributed by atoms with E-state index in [4.69, 9.17) is 0 Å². The summed E-state index contributed by atoms with van der Waals surface area (Å²) in [5, 5.41) is 5.63. The number of aryl methyl sites for hydroxylation is 2. The van der Waals surface area contributed by atoms with E-state index >= 15 is 0 Å². The van der Waals surface area contributed by atoms with Crippen molar-refractivity contribution < 1.29 is 0 Å². The zero-order valence-corrected chi connectivity index (χ0v) is 15.6. The second kappa shape index (κ2) is 7.22. The molecule has 0 atom stereocenters. The molecule has 0 aliphatic rings. The fraction of sp³-hybridized carbons (Fsp3) is 0.0952. The minimum atomic E-state index is -0.0895. The first-order chi connectivity index (χ1) is 12.7. The topological polar surface area (TPSA) is 47.8 Å². The maximum Gasteiger partial charge on any atom is 0.266 e. The summed E-state index contributed by atoms with van der Waals surface area (Å²) in [6, 6.07) is 21.4. The van der Waals surface area contributed by atoms with E-state index in [1.54, 1.807) is 18.3 Å². The second-order valence-electron chi connectivity index (χ2n) is 6.07. The molecule has 128 valence electrons. The van der Waals surface area contributed by atoms with Gasteiger partial charge in [-0.25, -0.2) is 4.68 Å². The van der Waals surface area contributed by atoms with Gasteiger partial charge in [-0.3, -0.25) is 9.78 Å². The summed E-state index contributed by atoms with van der Waals surface area (Å²) in [5.41, 5.74) is 3.82. The summed E-state index contributed by atoms with van der Waals surface area (Å²) in [6.45, 7) is 0.537. The predicted molar refractivity (Wildman–Crippen MR) is 107 cm³/mol. The Kier molecular flexibility index (Phi) is 4.63. The van der Waals surface area contributed by atoms with Gasteiger partial charge in [0.1, 0.15) is 0 Å². The quantitative estimate of drug-likeness (QED) is 0.503. The van der Waals surface area contributed by atoms with Gasteiger partial charge in [-0.05, 0) is 48.4 Å². The van der Waals surface area contributed by atoms with Gasteiger partial charge in [0.15, 0.2) is 0 Å². The van der Waals surface area contributed by atoms with Gasteiger partial charge in [-0.1, -0.05) is 40.2 Å². The van der Waals surface area contributed by atoms with E-state index in [0.29, 0.717) is 6.54 Å². The van der Waals surface area contributed by atoms with Crippen LogP contribution in [-0.2, 0) is 13.0 Å². The molecule has 0 spiro atoms. The van der Waals surface area contributed by atoms with Crippen LogP contribution in [0.5, 0.6) is 0 Å². The van der Waals surface area contributed by atoms with Crippen molar-refractivity contribution in [2.75, 3.05) is 0 Å². The molecule has 2 aromatic carbocycles. The third-order valence-corrected chi connectivity index (χ3v) is 4.81. The fourth-order valence-electron chi connectivity index (χ4n) is 2.90. The molecule has 2 heterocycles. The number of hydrogen-bond acceptors (Lipinski definition) is 3. The number of benzene rings is 2. The lowest BCUT2D eigenvalue weighted by atomic mass is 10.1. The highest BCUT2D eigenvalue weighted by atomic mass is 79.9. The fourth-order valence-corrected chi connectivity index (χ4v) is 3.16. The van der Waals surface area contributed by atoms with Crippen molar-refractivity contribution in [3.63, 3.8) is 0 Å². The van der Waals surface area contributed by atoms with Crippen LogP contribution in [0.25, 0.3) is 22.2 Å². The van der Waals surface area contributed by atoms with Crippen molar-refractivity contribution in [3.05, 3.63) is 93.3 Å². The summed E-state index contributed by atoms with van der Waals surface area (Å²) in [4.78, 5) is 16.5. The Balaban J connectivity index is 1.58. The monoisotopic (exact) mass is 405 g/mol. The Bertz CT molecular complexity index is 1120. The zero-order valence-electron chi connectivity index (χ0n) is 14.0. The summed E-state index contributed by atoms with van der Waals surface area (Å²) < 4.78 is 2.55. The van der Waals surface area contributed by atoms with Gasteiger partial charge in [0.05, 0.1) is 11.2 Å². The van der Waals surface area contributed by atoms with Crippen LogP contribution in [-0.4, -0.2) is 14.8 Å². The van der Waals surface area contributed by atoms with Crippen LogP contribution in [0.15, 0.2) is 82.2 Å². The highest BCUT2D eigenvalue weighted by Crippen LogP contribution is 2.19. The van der Waals surface area contributed by atoms with Crippen LogP contribution >= 0.6 is 15.9 Å². The maximum absolute atomic E-state index is 12.2. The van der Waals surface area contributed by atoms with Crippen molar-refractivity contribution in [2.24, 2.45) is 0 Å². The molecule has 4 rings (SSSR count). The number of halogens is 1. The van der Waals surface area contributed by atoms with Crippen LogP contribution in [0.3, 0.4) is 0 Å². The van der Waals surface area contributed by atoms with E-state index in [1.165, 1.54) is 4.68 Å². The molecule has 0 unspecified atom stereocenters. The number of hydrogen-bond donors (Lipinski definition) is 0. The van der Waals surface area contributed by atoms with Gasteiger partial charge in [0, 0.05) is 34.2 Å². The van der Waals surface area contributed by atoms with Gasteiger partial charge in [-0.2, -0.15) is 5.10 Å². The van der Waals surface area contributed by atoms with Crippen LogP contribution in [0.1, 0.15) is 5.56 Å². The van der Waals surface area contributed by atoms with E-state index in [1.807, 2.05) is 42.5 Å². The first-order valence-corrected chi connectivity index (χ1v) is 9.16. The lowest BCUT2D eigenvalue weighted by Crippen LogP contribution is -2.23. The zero-order chi connectivity index (χ0) is 17.9. The van der Waals surface area contributed by atoms with Crippen molar-refractivity contribution in [1.29, 1.82) is 0 Å². The second-order valence-corrected chi connectivity index (χ2v) is 6.98. The van der Waals surface area contributed by atoms with Crippen molar-refractivity contribution >= 4 is 26.8 Å². The molecule has 26 heavy (non-hydrogen) atoms. The van der Waals surface area contributed by atoms with E-state index < -0.39 is 0 Å². The maximum atomic E-state index is 12.2. The SMILES string of the molecule is O=c1ccc(-c2ccc(Br)cc2)nn1CCc1ccc2ncccc2c1. The van der Waals surface area contributed by atoms with Gasteiger partial charge in [0.2, 0.25) is 0 Å². The molecule has 0 amide bonds. The molecule has 0 aliphatic heterocycles. The number of pyridine rings is 1. The molecular weight excluding hydrogens is 390 g/mol. The number of fused-ring (bicyclic) bond motifs is 1. The third kappa shape index (κ3) is 3.58. The van der Waals surface area contributed by atoms with Crippen LogP contribution in [0.4, 0.5) is 0 Å². The number of rotatable bonds is 4. The molecule has 5 heteroatoms. The minimum Gasteiger partial charge on any atom is -0.268 e. The molecule has 0 saturated carbocycles. The van der Waals surface area contributed by atoms with Crippen molar-refractivity contribution in [3.8, 4) is 11.3 Å². The Morgan fingerprint density at radius 2 is 1.81 bits per heavy atom. The molecule has 4 nitrogen and oxygen atoms in total. The molecule has 0 radical (unpaired) electrons. The summed E-state index contributed by atoms with van der Waals surface area (Å²) in [5.74, 6) is 0. The average Bonchev–Trinajstić information content (AvgIpc) is 2.68. The van der Waals surface area contributed by atoms with Gasteiger partial charge >= 0.3 is 0 Å². The average molecular weight is 406 g/mol. The largest absolute Gasteiger partial charge is 0.268 e. The van der Waals surface area contributed by atoms with E-state index in [-0.39, 0.29) is 5.56 Å². The first-order valence-electron chi connectivity index (χ1n) is 8.37. The summed E-state index contributed by atoms with van der Waals surface area (Å²) in [6.07, 6.45) is 2.53. The van der Waals surface area contributed by atoms with Crippen LogP contribution < -0.4 is 5.56 Å². The Morgan fingerprint density at radius 3 is 2.65 bits per heavy atom. The lowest BCUT2D eigenvalue weighted by molar-refractivity contribution is 0.581. The molecule has 0 N–H and O–H groups in total. The van der Waals surface area contributed by atoms with E-state index in [2.05, 4.69) is 38.1 Å². The third-order valence-electron chi connectivity index (χ3n) is 4.29. The van der Waals surface area contributed by atoms with Crippen LogP contribution in [0, 0.1) is 0 Å². The van der Waals surface area contributed by atoms with E-state index in [9.17, 15) is 4.79 Å². The Labute approximate surface area is 159 Å². The summed E-state index contributed by atoms with van der Waals surface area (Å²) >= 11 is 3.43. The van der Waals surface area contributed by atoms with Gasteiger partial charge < -0.3 is 0 Å². The van der Waals surface area contributed by atoms with Gasteiger partial charge in [0.25, 0.3) is 5.56 Å². The highest BCUT2D eigenvalue weighted by molar-refractivity contribution is 9.10. The molecule has 0 aliphatic carbocycles. The van der Waals surface area contributed by atoms with E-state index in [0.717, 1.165) is 38.6 Å². The Hall–Kier alpha value is -2.79. The molecular formula is C21H16BrN3O. The molecule has 4 aromatic rings. The van der Waals surface area contributed by atoms with Crippen molar-refractivity contribution in [2.45, 2.75) is 13.0 Å². The lowest BCUT2D eigenvalue weighted by Gasteiger charge is -2.08. The summed E-state index contributed by atoms with van der Waals surface area (Å²) in [7, 11) is 0. The highest BCUT2D eigenvalue weighted by Gasteiger charge is 2.05. The standard InChI is InChI=1S/C21H16BrN3O/c22-18-6-4-16(5-7-18)20-9-10-21(26)25(24-20)13-11-15-3-8-19-17(14-15)2-1-12-23-19/h1-10,12,14H,11,13H2. The molecule has 0 bridgehead atoms. The first kappa shape index (κ1) is 16.7. The minimum absolute atomic E-state index is 0.0895. The normalized spacial score (nSPS) is 11.0. The smallest absolute Gasteiger partial charge is 0.266 e. The molecule has 2 aromatic heterocycles. The van der Waals surface area contributed by atoms with Crippen LogP contribution in [0.2, 0.25) is 0 Å². The number of aromatic nitrogens is 3. The van der Waals surface area contributed by atoms with Gasteiger partial charge in [-0.15, -0.1) is 0 Å².